The highest BCUT2D eigenvalue weighted by Crippen LogP contribution is 2.42. The predicted molar refractivity (Wildman–Crippen MR) is 201 cm³/mol. The second kappa shape index (κ2) is 10.8. The van der Waals surface area contributed by atoms with E-state index in [9.17, 15) is 0 Å². The molecule has 4 heteroatoms. The molecule has 0 aliphatic rings. The maximum absolute atomic E-state index is 4.87. The fourth-order valence-corrected chi connectivity index (χ4v) is 7.56. The van der Waals surface area contributed by atoms with E-state index >= 15 is 0 Å². The summed E-state index contributed by atoms with van der Waals surface area (Å²) in [4.78, 5) is 9.44. The van der Waals surface area contributed by atoms with E-state index in [-0.39, 0.29) is 0 Å². The Bertz CT molecular complexity index is 2700. The number of nitrogens with zero attached hydrogens (tertiary/aromatic N) is 4. The standard InChI is InChI=1S/C44H34N4/c1-27-17-21-42-36(23-27)33-12-6-9-15-40(33)47(42)39-14-8-5-11-32(39)35-20-19-31(38-25-29(3)45-30(4)46-38)26-44(35)48-41-16-10-7-13-34(41)37-24-28(2)18-22-43(37)48/h5-26H,1-4H3. The van der Waals surface area contributed by atoms with E-state index in [2.05, 4.69) is 161 Å². The molecule has 9 aromatic rings. The average Bonchev–Trinajstić information content (AvgIpc) is 3.59. The summed E-state index contributed by atoms with van der Waals surface area (Å²) in [5.41, 5.74) is 14.8. The van der Waals surface area contributed by atoms with Crippen molar-refractivity contribution < 1.29 is 0 Å². The van der Waals surface area contributed by atoms with Gasteiger partial charge in [-0.15, -0.1) is 0 Å². The minimum atomic E-state index is 0.773. The Balaban J connectivity index is 1.40. The molecule has 0 saturated heterocycles. The number of para-hydroxylation sites is 3. The van der Waals surface area contributed by atoms with Crippen LogP contribution in [0, 0.1) is 27.7 Å². The van der Waals surface area contributed by atoms with Gasteiger partial charge < -0.3 is 9.13 Å². The van der Waals surface area contributed by atoms with Crippen LogP contribution in [-0.4, -0.2) is 19.1 Å². The lowest BCUT2D eigenvalue weighted by Gasteiger charge is -2.19. The minimum absolute atomic E-state index is 0.773. The van der Waals surface area contributed by atoms with Gasteiger partial charge in [0.15, 0.2) is 0 Å². The summed E-state index contributed by atoms with van der Waals surface area (Å²) < 4.78 is 4.87. The molecule has 3 heterocycles. The third-order valence-electron chi connectivity index (χ3n) is 9.59. The van der Waals surface area contributed by atoms with Crippen LogP contribution >= 0.6 is 0 Å². The zero-order valence-electron chi connectivity index (χ0n) is 27.5. The zero-order chi connectivity index (χ0) is 32.5. The van der Waals surface area contributed by atoms with Crippen LogP contribution in [0.5, 0.6) is 0 Å². The molecule has 230 valence electrons. The van der Waals surface area contributed by atoms with Crippen molar-refractivity contribution in [3.63, 3.8) is 0 Å². The molecule has 6 aromatic carbocycles. The van der Waals surface area contributed by atoms with Crippen LogP contribution in [-0.2, 0) is 0 Å². The molecule has 0 spiro atoms. The quantitative estimate of drug-likeness (QED) is 0.197. The molecule has 0 unspecified atom stereocenters. The SMILES string of the molecule is Cc1ccc2c(c1)c1ccccc1n2-c1ccccc1-c1ccc(-c2cc(C)nc(C)n2)cc1-n1c2ccccc2c2cc(C)ccc21. The van der Waals surface area contributed by atoms with Crippen LogP contribution < -0.4 is 0 Å². The van der Waals surface area contributed by atoms with Crippen molar-refractivity contribution in [1.82, 2.24) is 19.1 Å². The van der Waals surface area contributed by atoms with Gasteiger partial charge in [-0.2, -0.15) is 0 Å². The van der Waals surface area contributed by atoms with Gasteiger partial charge in [-0.1, -0.05) is 90.0 Å². The molecule has 0 aliphatic heterocycles. The zero-order valence-corrected chi connectivity index (χ0v) is 27.5. The number of rotatable bonds is 4. The van der Waals surface area contributed by atoms with Crippen molar-refractivity contribution in [3.05, 3.63) is 156 Å². The summed E-state index contributed by atoms with van der Waals surface area (Å²) in [6, 6.07) is 48.8. The van der Waals surface area contributed by atoms with Gasteiger partial charge in [-0.25, -0.2) is 9.97 Å². The third-order valence-corrected chi connectivity index (χ3v) is 9.59. The lowest BCUT2D eigenvalue weighted by Crippen LogP contribution is -2.02. The van der Waals surface area contributed by atoms with E-state index in [0.717, 1.165) is 45.3 Å². The lowest BCUT2D eigenvalue weighted by molar-refractivity contribution is 1.02. The van der Waals surface area contributed by atoms with Crippen molar-refractivity contribution in [2.24, 2.45) is 0 Å². The van der Waals surface area contributed by atoms with Gasteiger partial charge in [0.25, 0.3) is 0 Å². The minimum Gasteiger partial charge on any atom is -0.309 e. The summed E-state index contributed by atoms with van der Waals surface area (Å²) in [6.07, 6.45) is 0. The highest BCUT2D eigenvalue weighted by Gasteiger charge is 2.21. The van der Waals surface area contributed by atoms with E-state index in [0.29, 0.717) is 0 Å². The molecule has 0 fully saturated rings. The van der Waals surface area contributed by atoms with E-state index in [1.165, 1.54) is 54.7 Å². The molecule has 0 saturated carbocycles. The van der Waals surface area contributed by atoms with Gasteiger partial charge in [-0.3, -0.25) is 0 Å². The number of fused-ring (bicyclic) bond motifs is 6. The Morgan fingerprint density at radius 2 is 0.958 bits per heavy atom. The molecule has 9 rings (SSSR count). The van der Waals surface area contributed by atoms with Gasteiger partial charge in [0, 0.05) is 43.9 Å². The van der Waals surface area contributed by atoms with Crippen LogP contribution in [0.4, 0.5) is 0 Å². The van der Waals surface area contributed by atoms with Crippen LogP contribution in [0.25, 0.3) is 77.4 Å². The first-order valence-electron chi connectivity index (χ1n) is 16.5. The molecule has 0 atom stereocenters. The number of aryl methyl sites for hydroxylation is 4. The van der Waals surface area contributed by atoms with Crippen LogP contribution in [0.2, 0.25) is 0 Å². The molecule has 0 radical (unpaired) electrons. The Morgan fingerprint density at radius 3 is 1.60 bits per heavy atom. The van der Waals surface area contributed by atoms with E-state index in [4.69, 9.17) is 4.98 Å². The molecule has 4 nitrogen and oxygen atoms in total. The number of hydrogen-bond acceptors (Lipinski definition) is 2. The van der Waals surface area contributed by atoms with Crippen molar-refractivity contribution in [2.45, 2.75) is 27.7 Å². The van der Waals surface area contributed by atoms with Crippen LogP contribution in [0.3, 0.4) is 0 Å². The van der Waals surface area contributed by atoms with Gasteiger partial charge in [0.2, 0.25) is 0 Å². The third kappa shape index (κ3) is 4.37. The maximum atomic E-state index is 4.87. The van der Waals surface area contributed by atoms with Crippen molar-refractivity contribution in [2.75, 3.05) is 0 Å². The molecule has 0 amide bonds. The summed E-state index contributed by atoms with van der Waals surface area (Å²) >= 11 is 0. The predicted octanol–water partition coefficient (Wildman–Crippen LogP) is 11.2. The highest BCUT2D eigenvalue weighted by molar-refractivity contribution is 6.11. The second-order valence-electron chi connectivity index (χ2n) is 12.9. The summed E-state index contributed by atoms with van der Waals surface area (Å²) in [6.45, 7) is 8.33. The second-order valence-corrected chi connectivity index (χ2v) is 12.9. The topological polar surface area (TPSA) is 35.6 Å². The van der Waals surface area contributed by atoms with Gasteiger partial charge in [0.05, 0.1) is 39.1 Å². The fraction of sp³-hybridized carbons (Fsp3) is 0.0909. The largest absolute Gasteiger partial charge is 0.309 e. The average molecular weight is 619 g/mol. The summed E-state index contributed by atoms with van der Waals surface area (Å²) in [7, 11) is 0. The normalized spacial score (nSPS) is 11.8. The van der Waals surface area contributed by atoms with Crippen molar-refractivity contribution >= 4 is 43.6 Å². The van der Waals surface area contributed by atoms with E-state index in [1.807, 2.05) is 13.8 Å². The van der Waals surface area contributed by atoms with E-state index < -0.39 is 0 Å². The van der Waals surface area contributed by atoms with Crippen molar-refractivity contribution in [3.8, 4) is 33.8 Å². The Morgan fingerprint density at radius 1 is 0.417 bits per heavy atom. The van der Waals surface area contributed by atoms with Crippen molar-refractivity contribution in [1.29, 1.82) is 0 Å². The van der Waals surface area contributed by atoms with Gasteiger partial charge in [-0.05, 0) is 82.3 Å². The first-order valence-corrected chi connectivity index (χ1v) is 16.5. The molecular formula is C44H34N4. The summed E-state index contributed by atoms with van der Waals surface area (Å²) in [5, 5.41) is 5.02. The molecule has 48 heavy (non-hydrogen) atoms. The highest BCUT2D eigenvalue weighted by atomic mass is 15.0. The maximum Gasteiger partial charge on any atom is 0.126 e. The Kier molecular flexibility index (Phi) is 6.34. The molecule has 0 N–H and O–H groups in total. The first kappa shape index (κ1) is 28.2. The number of aromatic nitrogens is 4. The Hall–Kier alpha value is -6.00. The van der Waals surface area contributed by atoms with Gasteiger partial charge >= 0.3 is 0 Å². The summed E-state index contributed by atoms with van der Waals surface area (Å²) in [5.74, 6) is 0.773. The van der Waals surface area contributed by atoms with Crippen LogP contribution in [0.15, 0.2) is 133 Å². The molecule has 0 aliphatic carbocycles. The fourth-order valence-electron chi connectivity index (χ4n) is 7.56. The monoisotopic (exact) mass is 618 g/mol. The van der Waals surface area contributed by atoms with Gasteiger partial charge in [0.1, 0.15) is 5.82 Å². The molecule has 3 aromatic heterocycles. The van der Waals surface area contributed by atoms with Crippen LogP contribution in [0.1, 0.15) is 22.6 Å². The number of benzene rings is 6. The molecule has 0 bridgehead atoms. The number of hydrogen-bond donors (Lipinski definition) is 0. The first-order chi connectivity index (χ1) is 23.4. The van der Waals surface area contributed by atoms with E-state index in [1.54, 1.807) is 0 Å². The smallest absolute Gasteiger partial charge is 0.126 e. The molecular weight excluding hydrogens is 585 g/mol. The lowest BCUT2D eigenvalue weighted by atomic mass is 9.97. The Labute approximate surface area is 279 Å².